The number of benzene rings is 2. The van der Waals surface area contributed by atoms with Crippen molar-refractivity contribution in [3.05, 3.63) is 78.6 Å². The molecule has 5 nitrogen and oxygen atoms in total. The van der Waals surface area contributed by atoms with Gasteiger partial charge < -0.3 is 10.0 Å². The Labute approximate surface area is 174 Å². The van der Waals surface area contributed by atoms with Crippen molar-refractivity contribution in [3.8, 4) is 0 Å². The topological polar surface area (TPSA) is 56.7 Å². The van der Waals surface area contributed by atoms with E-state index in [2.05, 4.69) is 4.98 Å². The lowest BCUT2D eigenvalue weighted by molar-refractivity contribution is -0.0196. The van der Waals surface area contributed by atoms with E-state index >= 15 is 0 Å². The molecule has 2 amide bonds. The van der Waals surface area contributed by atoms with E-state index in [4.69, 9.17) is 0 Å². The lowest BCUT2D eigenvalue weighted by atomic mass is 9.88. The fourth-order valence-corrected chi connectivity index (χ4v) is 5.07. The van der Waals surface area contributed by atoms with E-state index in [1.165, 1.54) is 0 Å². The van der Waals surface area contributed by atoms with Crippen LogP contribution in [-0.4, -0.2) is 34.1 Å². The van der Waals surface area contributed by atoms with Crippen LogP contribution in [-0.2, 0) is 5.60 Å². The SMILES string of the molecule is O=C(N1CCC(O)(c2ccccn2)CC1)N1c2ccccc2Sc2ccccc21. The number of para-hydroxylation sites is 2. The molecule has 2 aliphatic rings. The molecule has 3 heterocycles. The van der Waals surface area contributed by atoms with Crippen molar-refractivity contribution in [1.29, 1.82) is 0 Å². The average molecular weight is 404 g/mol. The summed E-state index contributed by atoms with van der Waals surface area (Å²) in [6.07, 6.45) is 2.65. The Hall–Kier alpha value is -2.83. The van der Waals surface area contributed by atoms with Crippen molar-refractivity contribution in [3.63, 3.8) is 0 Å². The maximum absolute atomic E-state index is 13.6. The summed E-state index contributed by atoms with van der Waals surface area (Å²) in [5, 5.41) is 11.1. The van der Waals surface area contributed by atoms with Gasteiger partial charge in [-0.05, 0) is 49.2 Å². The summed E-state index contributed by atoms with van der Waals surface area (Å²) in [5.41, 5.74) is 1.52. The molecule has 2 aliphatic heterocycles. The van der Waals surface area contributed by atoms with Crippen LogP contribution in [0.25, 0.3) is 0 Å². The molecular weight excluding hydrogens is 382 g/mol. The van der Waals surface area contributed by atoms with Gasteiger partial charge in [0.05, 0.1) is 17.1 Å². The highest BCUT2D eigenvalue weighted by atomic mass is 32.2. The van der Waals surface area contributed by atoms with Crippen molar-refractivity contribution in [2.45, 2.75) is 28.2 Å². The number of fused-ring (bicyclic) bond motifs is 2. The molecule has 0 bridgehead atoms. The molecule has 0 radical (unpaired) electrons. The molecule has 5 rings (SSSR count). The number of carbonyl (C=O) groups is 1. The Balaban J connectivity index is 1.42. The second-order valence-corrected chi connectivity index (χ2v) is 8.47. The van der Waals surface area contributed by atoms with Crippen LogP contribution in [0.15, 0.2) is 82.7 Å². The minimum absolute atomic E-state index is 0.0479. The van der Waals surface area contributed by atoms with Crippen LogP contribution in [0.4, 0.5) is 16.2 Å². The van der Waals surface area contributed by atoms with E-state index in [0.717, 1.165) is 21.2 Å². The molecular formula is C23H21N3O2S. The van der Waals surface area contributed by atoms with Gasteiger partial charge in [-0.1, -0.05) is 42.1 Å². The lowest BCUT2D eigenvalue weighted by Gasteiger charge is -2.41. The first-order valence-electron chi connectivity index (χ1n) is 9.75. The van der Waals surface area contributed by atoms with Gasteiger partial charge in [-0.3, -0.25) is 9.88 Å². The number of anilines is 2. The third-order valence-electron chi connectivity index (χ3n) is 5.63. The largest absolute Gasteiger partial charge is 0.383 e. The number of piperidine rings is 1. The lowest BCUT2D eigenvalue weighted by Crippen LogP contribution is -2.49. The molecule has 1 aromatic heterocycles. The number of hydrogen-bond donors (Lipinski definition) is 1. The second kappa shape index (κ2) is 7.21. The molecule has 0 atom stereocenters. The van der Waals surface area contributed by atoms with Gasteiger partial charge in [0, 0.05) is 29.1 Å². The van der Waals surface area contributed by atoms with E-state index < -0.39 is 5.60 Å². The standard InChI is InChI=1S/C23H21N3O2S/c27-22(25-15-12-23(28,13-16-25)21-11-5-6-14-24-21)26-17-7-1-3-9-19(17)29-20-10-4-2-8-18(20)26/h1-11,14,28H,12-13,15-16H2. The van der Waals surface area contributed by atoms with Crippen molar-refractivity contribution >= 4 is 29.2 Å². The minimum atomic E-state index is -0.981. The quantitative estimate of drug-likeness (QED) is 0.635. The number of likely N-dealkylation sites (tertiary alicyclic amines) is 1. The van der Waals surface area contributed by atoms with Crippen molar-refractivity contribution in [2.75, 3.05) is 18.0 Å². The molecule has 0 unspecified atom stereocenters. The third-order valence-corrected chi connectivity index (χ3v) is 6.76. The smallest absolute Gasteiger partial charge is 0.329 e. The molecule has 0 spiro atoms. The van der Waals surface area contributed by atoms with Crippen LogP contribution >= 0.6 is 11.8 Å². The van der Waals surface area contributed by atoms with Crippen LogP contribution in [0.3, 0.4) is 0 Å². The summed E-state index contributed by atoms with van der Waals surface area (Å²) >= 11 is 1.69. The maximum atomic E-state index is 13.6. The van der Waals surface area contributed by atoms with Gasteiger partial charge in [0.25, 0.3) is 0 Å². The van der Waals surface area contributed by atoms with E-state index in [1.54, 1.807) is 18.0 Å². The highest BCUT2D eigenvalue weighted by molar-refractivity contribution is 7.99. The van der Waals surface area contributed by atoms with Gasteiger partial charge in [0.15, 0.2) is 0 Å². The number of aliphatic hydroxyl groups is 1. The van der Waals surface area contributed by atoms with Gasteiger partial charge in [-0.25, -0.2) is 4.79 Å². The second-order valence-electron chi connectivity index (χ2n) is 7.39. The molecule has 0 saturated carbocycles. The monoisotopic (exact) mass is 403 g/mol. The van der Waals surface area contributed by atoms with Crippen molar-refractivity contribution in [2.24, 2.45) is 0 Å². The van der Waals surface area contributed by atoms with Crippen LogP contribution in [0, 0.1) is 0 Å². The van der Waals surface area contributed by atoms with E-state index in [0.29, 0.717) is 31.6 Å². The molecule has 3 aromatic rings. The summed E-state index contributed by atoms with van der Waals surface area (Å²) in [5.74, 6) is 0. The first-order chi connectivity index (χ1) is 14.2. The number of pyridine rings is 1. The summed E-state index contributed by atoms with van der Waals surface area (Å²) in [7, 11) is 0. The zero-order chi connectivity index (χ0) is 19.8. The van der Waals surface area contributed by atoms with Crippen LogP contribution in [0.2, 0.25) is 0 Å². The molecule has 146 valence electrons. The normalized spacial score (nSPS) is 17.4. The number of amides is 2. The van der Waals surface area contributed by atoms with Gasteiger partial charge in [-0.15, -0.1) is 0 Å². The van der Waals surface area contributed by atoms with Crippen molar-refractivity contribution < 1.29 is 9.90 Å². The van der Waals surface area contributed by atoms with Gasteiger partial charge in [0.1, 0.15) is 5.60 Å². The van der Waals surface area contributed by atoms with Crippen LogP contribution < -0.4 is 4.90 Å². The Morgan fingerprint density at radius 3 is 2.07 bits per heavy atom. The first-order valence-corrected chi connectivity index (χ1v) is 10.6. The predicted octanol–water partition coefficient (Wildman–Crippen LogP) is 4.79. The molecule has 1 N–H and O–H groups in total. The number of carbonyl (C=O) groups excluding carboxylic acids is 1. The first kappa shape index (κ1) is 18.2. The summed E-state index contributed by atoms with van der Waals surface area (Å²) < 4.78 is 0. The molecule has 1 saturated heterocycles. The van der Waals surface area contributed by atoms with Gasteiger partial charge >= 0.3 is 6.03 Å². The Kier molecular flexibility index (Phi) is 4.53. The Morgan fingerprint density at radius 1 is 0.897 bits per heavy atom. The zero-order valence-corrected chi connectivity index (χ0v) is 16.7. The number of rotatable bonds is 1. The van der Waals surface area contributed by atoms with Gasteiger partial charge in [-0.2, -0.15) is 0 Å². The molecule has 2 aromatic carbocycles. The molecule has 1 fully saturated rings. The average Bonchev–Trinajstić information content (AvgIpc) is 2.78. The predicted molar refractivity (Wildman–Crippen MR) is 113 cm³/mol. The zero-order valence-electron chi connectivity index (χ0n) is 15.9. The van der Waals surface area contributed by atoms with Gasteiger partial charge in [0.2, 0.25) is 0 Å². The molecule has 6 heteroatoms. The van der Waals surface area contributed by atoms with E-state index in [1.807, 2.05) is 76.5 Å². The third kappa shape index (κ3) is 3.18. The van der Waals surface area contributed by atoms with Crippen LogP contribution in [0.5, 0.6) is 0 Å². The number of urea groups is 1. The highest BCUT2D eigenvalue weighted by Gasteiger charge is 2.39. The number of nitrogens with zero attached hydrogens (tertiary/aromatic N) is 3. The number of aromatic nitrogens is 1. The van der Waals surface area contributed by atoms with E-state index in [-0.39, 0.29) is 6.03 Å². The Morgan fingerprint density at radius 2 is 1.48 bits per heavy atom. The fraction of sp³-hybridized carbons (Fsp3) is 0.217. The highest BCUT2D eigenvalue weighted by Crippen LogP contribution is 2.48. The van der Waals surface area contributed by atoms with Crippen molar-refractivity contribution in [1.82, 2.24) is 9.88 Å². The summed E-state index contributed by atoms with van der Waals surface area (Å²) in [6.45, 7) is 0.972. The summed E-state index contributed by atoms with van der Waals surface area (Å²) in [4.78, 5) is 23.7. The maximum Gasteiger partial charge on any atom is 0.329 e. The van der Waals surface area contributed by atoms with E-state index in [9.17, 15) is 9.90 Å². The summed E-state index contributed by atoms with van der Waals surface area (Å²) in [6, 6.07) is 21.5. The Bertz CT molecular complexity index is 1000. The molecule has 0 aliphatic carbocycles. The number of hydrogen-bond acceptors (Lipinski definition) is 4. The van der Waals surface area contributed by atoms with Crippen LogP contribution in [0.1, 0.15) is 18.5 Å². The molecule has 29 heavy (non-hydrogen) atoms. The fourth-order valence-electron chi connectivity index (χ4n) is 4.01. The minimum Gasteiger partial charge on any atom is -0.383 e.